The van der Waals surface area contributed by atoms with Gasteiger partial charge in [-0.25, -0.2) is 0 Å². The Morgan fingerprint density at radius 3 is 2.56 bits per heavy atom. The van der Waals surface area contributed by atoms with E-state index in [4.69, 9.17) is 16.3 Å². The molecule has 1 heterocycles. The van der Waals surface area contributed by atoms with Crippen molar-refractivity contribution in [2.24, 2.45) is 0 Å². The number of aromatic hydroxyl groups is 1. The smallest absolute Gasteiger partial charge is 0.307 e. The van der Waals surface area contributed by atoms with Gasteiger partial charge in [0.25, 0.3) is 5.91 Å². The number of ether oxygens (including phenoxy) is 1. The van der Waals surface area contributed by atoms with Crippen molar-refractivity contribution in [3.05, 3.63) is 78.7 Å². The van der Waals surface area contributed by atoms with Crippen LogP contribution in [0.15, 0.2) is 47.3 Å². The number of thiazole rings is 1. The van der Waals surface area contributed by atoms with Gasteiger partial charge in [0.15, 0.2) is 0 Å². The highest BCUT2D eigenvalue weighted by molar-refractivity contribution is 7.09. The molecular formula is C19H17ClN2O4S. The van der Waals surface area contributed by atoms with Crippen molar-refractivity contribution < 1.29 is 14.6 Å². The van der Waals surface area contributed by atoms with Crippen LogP contribution in [-0.4, -0.2) is 23.1 Å². The maximum atomic E-state index is 12.4. The highest BCUT2D eigenvalue weighted by atomic mass is 35.5. The lowest BCUT2D eigenvalue weighted by Crippen LogP contribution is -2.23. The third-order valence-corrected chi connectivity index (χ3v) is 5.05. The van der Waals surface area contributed by atoms with E-state index < -0.39 is 0 Å². The number of halogens is 1. The molecule has 1 aromatic heterocycles. The summed E-state index contributed by atoms with van der Waals surface area (Å²) in [6.45, 7) is 0.345. The fourth-order valence-corrected chi connectivity index (χ4v) is 3.50. The summed E-state index contributed by atoms with van der Waals surface area (Å²) in [4.78, 5) is 26.3. The van der Waals surface area contributed by atoms with Gasteiger partial charge >= 0.3 is 4.87 Å². The molecular weight excluding hydrogens is 388 g/mol. The molecule has 0 saturated heterocycles. The number of benzene rings is 2. The van der Waals surface area contributed by atoms with Gasteiger partial charge < -0.3 is 15.2 Å². The predicted molar refractivity (Wildman–Crippen MR) is 105 cm³/mol. The average molecular weight is 405 g/mol. The molecule has 0 spiro atoms. The van der Waals surface area contributed by atoms with E-state index in [9.17, 15) is 14.7 Å². The SMILES string of the molecule is COc1ccc(Cl)cc1C(=O)NCc1ccc(Cc2sc(=O)[nH]c2O)cc1. The first kappa shape index (κ1) is 19.0. The quantitative estimate of drug-likeness (QED) is 0.587. The van der Waals surface area contributed by atoms with Crippen LogP contribution in [0.3, 0.4) is 0 Å². The van der Waals surface area contributed by atoms with Gasteiger partial charge in [0.05, 0.1) is 17.6 Å². The molecule has 27 heavy (non-hydrogen) atoms. The number of aromatic nitrogens is 1. The molecule has 0 bridgehead atoms. The van der Waals surface area contributed by atoms with Crippen LogP contribution in [0, 0.1) is 0 Å². The fourth-order valence-electron chi connectivity index (χ4n) is 2.57. The summed E-state index contributed by atoms with van der Waals surface area (Å²) in [5.74, 6) is 0.0924. The van der Waals surface area contributed by atoms with Crippen molar-refractivity contribution >= 4 is 28.8 Å². The van der Waals surface area contributed by atoms with E-state index in [2.05, 4.69) is 10.3 Å². The van der Waals surface area contributed by atoms with Gasteiger partial charge in [-0.2, -0.15) is 0 Å². The summed E-state index contributed by atoms with van der Waals surface area (Å²) in [6, 6.07) is 12.4. The molecule has 0 aliphatic heterocycles. The second-order valence-electron chi connectivity index (χ2n) is 5.81. The van der Waals surface area contributed by atoms with Crippen LogP contribution >= 0.6 is 22.9 Å². The summed E-state index contributed by atoms with van der Waals surface area (Å²) < 4.78 is 5.19. The van der Waals surface area contributed by atoms with E-state index in [1.54, 1.807) is 18.2 Å². The molecule has 0 radical (unpaired) electrons. The molecule has 2 aromatic carbocycles. The van der Waals surface area contributed by atoms with E-state index in [1.807, 2.05) is 24.3 Å². The van der Waals surface area contributed by atoms with E-state index in [-0.39, 0.29) is 16.7 Å². The van der Waals surface area contributed by atoms with Gasteiger partial charge in [-0.15, -0.1) is 0 Å². The van der Waals surface area contributed by atoms with Crippen molar-refractivity contribution in [3.63, 3.8) is 0 Å². The first-order valence-corrected chi connectivity index (χ1v) is 9.26. The van der Waals surface area contributed by atoms with Gasteiger partial charge in [-0.05, 0) is 29.3 Å². The zero-order chi connectivity index (χ0) is 19.4. The molecule has 140 valence electrons. The Morgan fingerprint density at radius 1 is 1.22 bits per heavy atom. The van der Waals surface area contributed by atoms with E-state index in [0.29, 0.717) is 34.2 Å². The summed E-state index contributed by atoms with van der Waals surface area (Å²) in [5.41, 5.74) is 2.24. The van der Waals surface area contributed by atoms with Gasteiger partial charge in [-0.1, -0.05) is 47.2 Å². The lowest BCUT2D eigenvalue weighted by molar-refractivity contribution is 0.0948. The maximum Gasteiger partial charge on any atom is 0.307 e. The van der Waals surface area contributed by atoms with E-state index >= 15 is 0 Å². The van der Waals surface area contributed by atoms with Crippen LogP contribution in [0.2, 0.25) is 5.02 Å². The number of carbonyl (C=O) groups is 1. The highest BCUT2D eigenvalue weighted by Gasteiger charge is 2.13. The minimum absolute atomic E-state index is 0.0863. The standard InChI is InChI=1S/C19H17ClN2O4S/c1-26-15-7-6-13(20)9-14(15)17(23)21-10-12-4-2-11(3-5-12)8-16-18(24)22-19(25)27-16/h2-7,9,24H,8,10H2,1H3,(H,21,23)(H,22,25). The molecule has 0 unspecified atom stereocenters. The zero-order valence-electron chi connectivity index (χ0n) is 14.4. The molecule has 3 aromatic rings. The van der Waals surface area contributed by atoms with Crippen molar-refractivity contribution in [2.75, 3.05) is 7.11 Å². The number of nitrogens with one attached hydrogen (secondary N) is 2. The molecule has 3 N–H and O–H groups in total. The third kappa shape index (κ3) is 4.69. The Kier molecular flexibility index (Phi) is 5.83. The summed E-state index contributed by atoms with van der Waals surface area (Å²) in [6.07, 6.45) is 0.460. The summed E-state index contributed by atoms with van der Waals surface area (Å²) in [7, 11) is 1.50. The lowest BCUT2D eigenvalue weighted by atomic mass is 10.1. The molecule has 0 atom stereocenters. The van der Waals surface area contributed by atoms with Gasteiger partial charge in [-0.3, -0.25) is 14.6 Å². The predicted octanol–water partition coefficient (Wildman–Crippen LogP) is 3.32. The van der Waals surface area contributed by atoms with Crippen LogP contribution in [0.25, 0.3) is 0 Å². The molecule has 0 aliphatic carbocycles. The molecule has 0 aliphatic rings. The first-order valence-electron chi connectivity index (χ1n) is 8.07. The number of rotatable bonds is 6. The topological polar surface area (TPSA) is 91.4 Å². The number of amides is 1. The summed E-state index contributed by atoms with van der Waals surface area (Å²) >= 11 is 6.95. The maximum absolute atomic E-state index is 12.4. The van der Waals surface area contributed by atoms with E-state index in [0.717, 1.165) is 22.5 Å². The Bertz CT molecular complexity index is 1010. The van der Waals surface area contributed by atoms with Crippen LogP contribution in [0.4, 0.5) is 0 Å². The van der Waals surface area contributed by atoms with Crippen LogP contribution in [0.5, 0.6) is 11.6 Å². The second-order valence-corrected chi connectivity index (χ2v) is 7.31. The molecule has 8 heteroatoms. The minimum Gasteiger partial charge on any atom is -0.496 e. The van der Waals surface area contributed by atoms with Crippen molar-refractivity contribution in [1.29, 1.82) is 0 Å². The number of hydrogen-bond acceptors (Lipinski definition) is 5. The van der Waals surface area contributed by atoms with Crippen LogP contribution < -0.4 is 14.9 Å². The highest BCUT2D eigenvalue weighted by Crippen LogP contribution is 2.23. The van der Waals surface area contributed by atoms with Gasteiger partial charge in [0, 0.05) is 18.0 Å². The zero-order valence-corrected chi connectivity index (χ0v) is 16.0. The van der Waals surface area contributed by atoms with Crippen molar-refractivity contribution in [1.82, 2.24) is 10.3 Å². The Morgan fingerprint density at radius 2 is 1.93 bits per heavy atom. The van der Waals surface area contributed by atoms with Crippen molar-refractivity contribution in [2.45, 2.75) is 13.0 Å². The minimum atomic E-state index is -0.279. The summed E-state index contributed by atoms with van der Waals surface area (Å²) in [5, 5.41) is 12.9. The fraction of sp³-hybridized carbons (Fsp3) is 0.158. The number of aromatic amines is 1. The molecule has 0 saturated carbocycles. The number of carbonyl (C=O) groups excluding carboxylic acids is 1. The largest absolute Gasteiger partial charge is 0.496 e. The second kappa shape index (κ2) is 8.28. The Labute approximate surface area is 164 Å². The van der Waals surface area contributed by atoms with E-state index in [1.165, 1.54) is 7.11 Å². The lowest BCUT2D eigenvalue weighted by Gasteiger charge is -2.10. The van der Waals surface area contributed by atoms with Gasteiger partial charge in [0.1, 0.15) is 5.75 Å². The normalized spacial score (nSPS) is 10.6. The van der Waals surface area contributed by atoms with Crippen molar-refractivity contribution in [3.8, 4) is 11.6 Å². The Balaban J connectivity index is 1.63. The number of H-pyrrole nitrogens is 1. The number of methoxy groups -OCH3 is 1. The van der Waals surface area contributed by atoms with Crippen LogP contribution in [0.1, 0.15) is 26.4 Å². The average Bonchev–Trinajstić information content (AvgIpc) is 2.97. The monoisotopic (exact) mass is 404 g/mol. The number of hydrogen-bond donors (Lipinski definition) is 3. The third-order valence-electron chi connectivity index (χ3n) is 3.95. The molecule has 3 rings (SSSR count). The molecule has 0 fully saturated rings. The van der Waals surface area contributed by atoms with Gasteiger partial charge in [0.2, 0.25) is 5.88 Å². The molecule has 1 amide bonds. The Hall–Kier alpha value is -2.77. The van der Waals surface area contributed by atoms with Crippen LogP contribution in [-0.2, 0) is 13.0 Å². The first-order chi connectivity index (χ1) is 13.0. The molecule has 6 nitrogen and oxygen atoms in total.